The molecule has 1 heterocycles. The highest BCUT2D eigenvalue weighted by Gasteiger charge is 2.13. The van der Waals surface area contributed by atoms with Crippen LogP contribution in [-0.4, -0.2) is 50.3 Å². The van der Waals surface area contributed by atoms with Gasteiger partial charge in [-0.3, -0.25) is 0 Å². The van der Waals surface area contributed by atoms with Gasteiger partial charge in [0, 0.05) is 19.7 Å². The molecule has 0 saturated carbocycles. The van der Waals surface area contributed by atoms with Crippen LogP contribution in [0.2, 0.25) is 0 Å². The summed E-state index contributed by atoms with van der Waals surface area (Å²) < 4.78 is 5.67. The Morgan fingerprint density at radius 3 is 2.83 bits per heavy atom. The van der Waals surface area contributed by atoms with E-state index in [9.17, 15) is 0 Å². The van der Waals surface area contributed by atoms with Crippen molar-refractivity contribution in [2.24, 2.45) is 0 Å². The first kappa shape index (κ1) is 15.9. The summed E-state index contributed by atoms with van der Waals surface area (Å²) in [6, 6.07) is 0. The van der Waals surface area contributed by atoms with E-state index in [1.54, 1.807) is 0 Å². The zero-order valence-electron chi connectivity index (χ0n) is 12.4. The fourth-order valence-corrected chi connectivity index (χ4v) is 2.52. The number of ether oxygens (including phenoxy) is 1. The third-order valence-electron chi connectivity index (χ3n) is 3.54. The highest BCUT2D eigenvalue weighted by atomic mass is 16.5. The lowest BCUT2D eigenvalue weighted by Gasteiger charge is -2.21. The summed E-state index contributed by atoms with van der Waals surface area (Å²) in [5.41, 5.74) is 0. The van der Waals surface area contributed by atoms with E-state index >= 15 is 0 Å². The van der Waals surface area contributed by atoms with Crippen molar-refractivity contribution in [2.45, 2.75) is 58.5 Å². The van der Waals surface area contributed by atoms with Crippen LogP contribution < -0.4 is 5.32 Å². The van der Waals surface area contributed by atoms with E-state index in [0.29, 0.717) is 6.10 Å². The van der Waals surface area contributed by atoms with Crippen molar-refractivity contribution in [3.63, 3.8) is 0 Å². The predicted molar refractivity (Wildman–Crippen MR) is 78.1 cm³/mol. The molecule has 1 rings (SSSR count). The van der Waals surface area contributed by atoms with Gasteiger partial charge in [-0.05, 0) is 52.2 Å². The fourth-order valence-electron chi connectivity index (χ4n) is 2.52. The van der Waals surface area contributed by atoms with Gasteiger partial charge in [-0.1, -0.05) is 19.8 Å². The van der Waals surface area contributed by atoms with Gasteiger partial charge < -0.3 is 15.0 Å². The minimum atomic E-state index is 0.422. The molecule has 0 aromatic rings. The summed E-state index contributed by atoms with van der Waals surface area (Å²) in [5, 5.41) is 3.46. The summed E-state index contributed by atoms with van der Waals surface area (Å²) in [6.45, 7) is 11.3. The molecule has 0 spiro atoms. The molecule has 1 fully saturated rings. The molecule has 0 aromatic heterocycles. The largest absolute Gasteiger partial charge is 0.377 e. The Hall–Kier alpha value is -0.120. The maximum absolute atomic E-state index is 5.67. The Morgan fingerprint density at radius 2 is 2.00 bits per heavy atom. The van der Waals surface area contributed by atoms with Crippen LogP contribution in [0.25, 0.3) is 0 Å². The number of rotatable bonds is 9. The first-order valence-corrected chi connectivity index (χ1v) is 7.87. The lowest BCUT2D eigenvalue weighted by atomic mass is 10.2. The van der Waals surface area contributed by atoms with Crippen LogP contribution in [0.4, 0.5) is 0 Å². The molecule has 1 aliphatic rings. The van der Waals surface area contributed by atoms with Crippen molar-refractivity contribution in [1.29, 1.82) is 0 Å². The van der Waals surface area contributed by atoms with Crippen LogP contribution in [0, 0.1) is 0 Å². The molecule has 1 saturated heterocycles. The SMILES string of the molecule is CCCNCCCCCCN1CCCOC(C)C1. The monoisotopic (exact) mass is 256 g/mol. The Labute approximate surface area is 113 Å². The van der Waals surface area contributed by atoms with Crippen LogP contribution >= 0.6 is 0 Å². The van der Waals surface area contributed by atoms with E-state index in [1.165, 1.54) is 64.7 Å². The lowest BCUT2D eigenvalue weighted by Crippen LogP contribution is -2.31. The third-order valence-corrected chi connectivity index (χ3v) is 3.54. The van der Waals surface area contributed by atoms with Gasteiger partial charge in [0.15, 0.2) is 0 Å². The van der Waals surface area contributed by atoms with Gasteiger partial charge >= 0.3 is 0 Å². The van der Waals surface area contributed by atoms with E-state index in [-0.39, 0.29) is 0 Å². The summed E-state index contributed by atoms with van der Waals surface area (Å²) >= 11 is 0. The minimum Gasteiger partial charge on any atom is -0.377 e. The molecule has 1 aliphatic heterocycles. The molecular formula is C15H32N2O. The summed E-state index contributed by atoms with van der Waals surface area (Å²) in [5.74, 6) is 0. The fraction of sp³-hybridized carbons (Fsp3) is 1.00. The topological polar surface area (TPSA) is 24.5 Å². The molecule has 0 aromatic carbocycles. The van der Waals surface area contributed by atoms with Crippen molar-refractivity contribution in [3.05, 3.63) is 0 Å². The van der Waals surface area contributed by atoms with Gasteiger partial charge in [-0.15, -0.1) is 0 Å². The molecule has 1 atom stereocenters. The van der Waals surface area contributed by atoms with Gasteiger partial charge in [-0.2, -0.15) is 0 Å². The van der Waals surface area contributed by atoms with E-state index in [0.717, 1.165) is 13.2 Å². The standard InChI is InChI=1S/C15H32N2O/c1-3-9-16-10-6-4-5-7-11-17-12-8-13-18-15(2)14-17/h15-16H,3-14H2,1-2H3. The Morgan fingerprint density at radius 1 is 1.17 bits per heavy atom. The molecular weight excluding hydrogens is 224 g/mol. The molecule has 0 radical (unpaired) electrons. The first-order valence-electron chi connectivity index (χ1n) is 7.87. The average Bonchev–Trinajstić information content (AvgIpc) is 2.57. The van der Waals surface area contributed by atoms with E-state index in [1.807, 2.05) is 0 Å². The molecule has 3 heteroatoms. The number of nitrogens with zero attached hydrogens (tertiary/aromatic N) is 1. The van der Waals surface area contributed by atoms with Gasteiger partial charge in [-0.25, -0.2) is 0 Å². The van der Waals surface area contributed by atoms with E-state index < -0.39 is 0 Å². The Kier molecular flexibility index (Phi) is 9.54. The van der Waals surface area contributed by atoms with E-state index in [2.05, 4.69) is 24.1 Å². The molecule has 0 amide bonds. The summed E-state index contributed by atoms with van der Waals surface area (Å²) in [6.07, 6.45) is 8.29. The van der Waals surface area contributed by atoms with Gasteiger partial charge in [0.2, 0.25) is 0 Å². The van der Waals surface area contributed by atoms with E-state index in [4.69, 9.17) is 4.74 Å². The van der Waals surface area contributed by atoms with Crippen molar-refractivity contribution in [3.8, 4) is 0 Å². The number of hydrogen-bond donors (Lipinski definition) is 1. The van der Waals surface area contributed by atoms with Crippen LogP contribution in [0.1, 0.15) is 52.4 Å². The molecule has 0 aliphatic carbocycles. The number of hydrogen-bond acceptors (Lipinski definition) is 3. The van der Waals surface area contributed by atoms with Crippen LogP contribution in [0.5, 0.6) is 0 Å². The van der Waals surface area contributed by atoms with Crippen molar-refractivity contribution < 1.29 is 4.74 Å². The first-order chi connectivity index (χ1) is 8.83. The number of unbranched alkanes of at least 4 members (excludes halogenated alkanes) is 3. The zero-order chi connectivity index (χ0) is 13.1. The molecule has 1 N–H and O–H groups in total. The highest BCUT2D eigenvalue weighted by Crippen LogP contribution is 2.08. The van der Waals surface area contributed by atoms with Crippen LogP contribution in [-0.2, 0) is 4.74 Å². The summed E-state index contributed by atoms with van der Waals surface area (Å²) in [7, 11) is 0. The predicted octanol–water partition coefficient (Wildman–Crippen LogP) is 2.66. The van der Waals surface area contributed by atoms with Crippen molar-refractivity contribution in [2.75, 3.05) is 39.3 Å². The summed E-state index contributed by atoms with van der Waals surface area (Å²) in [4.78, 5) is 2.58. The smallest absolute Gasteiger partial charge is 0.0673 e. The molecule has 0 bridgehead atoms. The number of nitrogens with one attached hydrogen (secondary N) is 1. The van der Waals surface area contributed by atoms with Gasteiger partial charge in [0.05, 0.1) is 6.10 Å². The molecule has 1 unspecified atom stereocenters. The second kappa shape index (κ2) is 10.8. The average molecular weight is 256 g/mol. The lowest BCUT2D eigenvalue weighted by molar-refractivity contribution is 0.0675. The molecule has 108 valence electrons. The molecule has 3 nitrogen and oxygen atoms in total. The highest BCUT2D eigenvalue weighted by molar-refractivity contribution is 4.66. The Balaban J connectivity index is 1.90. The van der Waals surface area contributed by atoms with Gasteiger partial charge in [0.25, 0.3) is 0 Å². The van der Waals surface area contributed by atoms with Crippen molar-refractivity contribution in [1.82, 2.24) is 10.2 Å². The van der Waals surface area contributed by atoms with Gasteiger partial charge in [0.1, 0.15) is 0 Å². The van der Waals surface area contributed by atoms with Crippen LogP contribution in [0.15, 0.2) is 0 Å². The maximum atomic E-state index is 5.67. The zero-order valence-corrected chi connectivity index (χ0v) is 12.4. The van der Waals surface area contributed by atoms with Crippen LogP contribution in [0.3, 0.4) is 0 Å². The normalized spacial score (nSPS) is 22.0. The third kappa shape index (κ3) is 8.06. The molecule has 18 heavy (non-hydrogen) atoms. The quantitative estimate of drug-likeness (QED) is 0.642. The van der Waals surface area contributed by atoms with Crippen molar-refractivity contribution >= 4 is 0 Å². The second-order valence-electron chi connectivity index (χ2n) is 5.50. The maximum Gasteiger partial charge on any atom is 0.0673 e. The second-order valence-corrected chi connectivity index (χ2v) is 5.50. The Bertz CT molecular complexity index is 187. The minimum absolute atomic E-state index is 0.422.